The number of anilines is 1. The third-order valence-electron chi connectivity index (χ3n) is 5.04. The van der Waals surface area contributed by atoms with Crippen LogP contribution >= 0.6 is 11.3 Å². The van der Waals surface area contributed by atoms with Gasteiger partial charge >= 0.3 is 0 Å². The standard InChI is InChI=1S/C18H18N6O4S/c1-11-14-16(20-10-21(2)17(14)25)29-15(11)18(26)23-7-5-22(6-8-23)13-4-3-12(9-19-13)24(27)28/h3-4,9-10H,5-8H2,1-2H3. The minimum Gasteiger partial charge on any atom is -0.353 e. The molecule has 3 aromatic rings. The van der Waals surface area contributed by atoms with Crippen molar-refractivity contribution in [3.05, 3.63) is 55.6 Å². The minimum atomic E-state index is -0.483. The Bertz CT molecular complexity index is 1160. The van der Waals surface area contributed by atoms with Gasteiger partial charge in [0.25, 0.3) is 17.2 Å². The topological polar surface area (TPSA) is 114 Å². The highest BCUT2D eigenvalue weighted by Gasteiger charge is 2.27. The van der Waals surface area contributed by atoms with E-state index in [0.29, 0.717) is 52.7 Å². The van der Waals surface area contributed by atoms with E-state index >= 15 is 0 Å². The van der Waals surface area contributed by atoms with Crippen LogP contribution in [0.15, 0.2) is 29.5 Å². The fourth-order valence-electron chi connectivity index (χ4n) is 3.37. The van der Waals surface area contributed by atoms with Gasteiger partial charge in [0.05, 0.1) is 21.5 Å². The first-order valence-corrected chi connectivity index (χ1v) is 9.78. The molecule has 1 aliphatic heterocycles. The molecule has 1 amide bonds. The van der Waals surface area contributed by atoms with Gasteiger partial charge in [-0.3, -0.25) is 19.7 Å². The second-order valence-corrected chi connectivity index (χ2v) is 7.81. The van der Waals surface area contributed by atoms with Crippen LogP contribution < -0.4 is 10.5 Å². The number of carbonyl (C=O) groups is 1. The molecule has 10 nitrogen and oxygen atoms in total. The largest absolute Gasteiger partial charge is 0.353 e. The smallest absolute Gasteiger partial charge is 0.287 e. The summed E-state index contributed by atoms with van der Waals surface area (Å²) < 4.78 is 1.41. The van der Waals surface area contributed by atoms with Gasteiger partial charge in [-0.1, -0.05) is 0 Å². The van der Waals surface area contributed by atoms with Gasteiger partial charge in [0, 0.05) is 39.3 Å². The molecule has 0 atom stereocenters. The van der Waals surface area contributed by atoms with E-state index in [4.69, 9.17) is 0 Å². The van der Waals surface area contributed by atoms with Crippen LogP contribution in [0.5, 0.6) is 0 Å². The predicted octanol–water partition coefficient (Wildman–Crippen LogP) is 1.57. The van der Waals surface area contributed by atoms with Crippen LogP contribution in [0.4, 0.5) is 11.5 Å². The van der Waals surface area contributed by atoms with Crippen LogP contribution in [0.1, 0.15) is 15.2 Å². The summed E-state index contributed by atoms with van der Waals surface area (Å²) in [6, 6.07) is 3.04. The highest BCUT2D eigenvalue weighted by Crippen LogP contribution is 2.28. The normalized spacial score (nSPS) is 14.4. The number of pyridine rings is 1. The molecule has 150 valence electrons. The summed E-state index contributed by atoms with van der Waals surface area (Å²) in [4.78, 5) is 49.0. The number of carbonyl (C=O) groups excluding carboxylic acids is 1. The predicted molar refractivity (Wildman–Crippen MR) is 109 cm³/mol. The Morgan fingerprint density at radius 3 is 2.55 bits per heavy atom. The number of aromatic nitrogens is 3. The minimum absolute atomic E-state index is 0.0532. The second kappa shape index (κ2) is 7.24. The highest BCUT2D eigenvalue weighted by molar-refractivity contribution is 7.20. The van der Waals surface area contributed by atoms with E-state index < -0.39 is 4.92 Å². The number of rotatable bonds is 3. The molecular weight excluding hydrogens is 396 g/mol. The SMILES string of the molecule is Cc1c(C(=O)N2CCN(c3ccc([N+](=O)[O-])cn3)CC2)sc2ncn(C)c(=O)c12. The lowest BCUT2D eigenvalue weighted by Crippen LogP contribution is -2.49. The number of fused-ring (bicyclic) bond motifs is 1. The van der Waals surface area contributed by atoms with Gasteiger partial charge in [0.2, 0.25) is 0 Å². The Labute approximate surface area is 169 Å². The van der Waals surface area contributed by atoms with Crippen molar-refractivity contribution in [2.45, 2.75) is 6.92 Å². The quantitative estimate of drug-likeness (QED) is 0.472. The molecule has 1 fully saturated rings. The average Bonchev–Trinajstić information content (AvgIpc) is 3.07. The average molecular weight is 414 g/mol. The third-order valence-corrected chi connectivity index (χ3v) is 6.23. The molecule has 0 aliphatic carbocycles. The van der Waals surface area contributed by atoms with Crippen molar-refractivity contribution < 1.29 is 9.72 Å². The number of thiophene rings is 1. The summed E-state index contributed by atoms with van der Waals surface area (Å²) in [6.07, 6.45) is 2.70. The van der Waals surface area contributed by atoms with E-state index in [2.05, 4.69) is 9.97 Å². The molecule has 0 saturated carbocycles. The number of nitro groups is 1. The van der Waals surface area contributed by atoms with Crippen molar-refractivity contribution in [2.24, 2.45) is 7.05 Å². The van der Waals surface area contributed by atoms with E-state index in [1.54, 1.807) is 24.9 Å². The summed E-state index contributed by atoms with van der Waals surface area (Å²) >= 11 is 1.24. The highest BCUT2D eigenvalue weighted by atomic mass is 32.1. The maximum atomic E-state index is 13.0. The first kappa shape index (κ1) is 19.0. The van der Waals surface area contributed by atoms with Gasteiger partial charge in [-0.15, -0.1) is 11.3 Å². The lowest BCUT2D eigenvalue weighted by molar-refractivity contribution is -0.385. The van der Waals surface area contributed by atoms with Crippen molar-refractivity contribution >= 4 is 39.0 Å². The van der Waals surface area contributed by atoms with Crippen molar-refractivity contribution in [2.75, 3.05) is 31.1 Å². The summed E-state index contributed by atoms with van der Waals surface area (Å²) in [7, 11) is 1.64. The van der Waals surface area contributed by atoms with Crippen LogP contribution in [0.3, 0.4) is 0 Å². The molecule has 0 N–H and O–H groups in total. The molecule has 0 spiro atoms. The number of nitrogens with zero attached hydrogens (tertiary/aromatic N) is 6. The van der Waals surface area contributed by atoms with Crippen LogP contribution in [0.25, 0.3) is 10.2 Å². The van der Waals surface area contributed by atoms with Gasteiger partial charge in [-0.2, -0.15) is 0 Å². The van der Waals surface area contributed by atoms with Crippen molar-refractivity contribution in [1.82, 2.24) is 19.4 Å². The lowest BCUT2D eigenvalue weighted by atomic mass is 10.2. The van der Waals surface area contributed by atoms with Crippen molar-refractivity contribution in [3.8, 4) is 0 Å². The Hall–Kier alpha value is -3.34. The molecule has 1 aliphatic rings. The maximum Gasteiger partial charge on any atom is 0.287 e. The number of hydrogen-bond donors (Lipinski definition) is 0. The first-order valence-electron chi connectivity index (χ1n) is 8.96. The summed E-state index contributed by atoms with van der Waals surface area (Å²) in [5.41, 5.74) is 0.461. The van der Waals surface area contributed by atoms with Gasteiger partial charge in [0.15, 0.2) is 0 Å². The van der Waals surface area contributed by atoms with Gasteiger partial charge < -0.3 is 14.4 Å². The molecule has 0 bridgehead atoms. The van der Waals surface area contributed by atoms with Gasteiger partial charge in [0.1, 0.15) is 16.8 Å². The molecule has 0 radical (unpaired) electrons. The second-order valence-electron chi connectivity index (χ2n) is 6.81. The Morgan fingerprint density at radius 2 is 1.93 bits per heavy atom. The summed E-state index contributed by atoms with van der Waals surface area (Å²) in [5, 5.41) is 11.3. The van der Waals surface area contributed by atoms with Crippen LogP contribution in [-0.4, -0.2) is 56.4 Å². The maximum absolute atomic E-state index is 13.0. The fraction of sp³-hybridized carbons (Fsp3) is 0.333. The van der Waals surface area contributed by atoms with Crippen LogP contribution in [-0.2, 0) is 7.05 Å². The van der Waals surface area contributed by atoms with E-state index in [0.717, 1.165) is 0 Å². The zero-order valence-corrected chi connectivity index (χ0v) is 16.7. The molecular formula is C18H18N6O4S. The van der Waals surface area contributed by atoms with Crippen LogP contribution in [0, 0.1) is 17.0 Å². The van der Waals surface area contributed by atoms with E-state index in [1.165, 1.54) is 34.5 Å². The van der Waals surface area contributed by atoms with Gasteiger partial charge in [-0.05, 0) is 18.6 Å². The lowest BCUT2D eigenvalue weighted by Gasteiger charge is -2.35. The number of piperazine rings is 1. The molecule has 0 aromatic carbocycles. The molecule has 29 heavy (non-hydrogen) atoms. The van der Waals surface area contributed by atoms with Crippen molar-refractivity contribution in [3.63, 3.8) is 0 Å². The number of aryl methyl sites for hydroxylation is 2. The zero-order valence-electron chi connectivity index (χ0n) is 15.9. The summed E-state index contributed by atoms with van der Waals surface area (Å²) in [6.45, 7) is 3.92. The molecule has 3 aromatic heterocycles. The fourth-order valence-corrected chi connectivity index (χ4v) is 4.48. The Balaban J connectivity index is 1.50. The van der Waals surface area contributed by atoms with E-state index in [-0.39, 0.29) is 17.2 Å². The molecule has 4 rings (SSSR count). The Kier molecular flexibility index (Phi) is 4.74. The third kappa shape index (κ3) is 3.33. The molecule has 1 saturated heterocycles. The molecule has 4 heterocycles. The summed E-state index contributed by atoms with van der Waals surface area (Å²) in [5.74, 6) is 0.539. The van der Waals surface area contributed by atoms with E-state index in [9.17, 15) is 19.7 Å². The van der Waals surface area contributed by atoms with E-state index in [1.807, 2.05) is 4.90 Å². The van der Waals surface area contributed by atoms with Crippen molar-refractivity contribution in [1.29, 1.82) is 0 Å². The first-order chi connectivity index (χ1) is 13.9. The number of amides is 1. The molecule has 0 unspecified atom stereocenters. The zero-order chi connectivity index (χ0) is 20.7. The van der Waals surface area contributed by atoms with Crippen LogP contribution in [0.2, 0.25) is 0 Å². The monoisotopic (exact) mass is 414 g/mol. The number of hydrogen-bond acceptors (Lipinski definition) is 8. The Morgan fingerprint density at radius 1 is 1.21 bits per heavy atom. The van der Waals surface area contributed by atoms with Gasteiger partial charge in [-0.25, -0.2) is 9.97 Å². The molecule has 11 heteroatoms.